The second-order valence-electron chi connectivity index (χ2n) is 7.01. The molecule has 0 unspecified atom stereocenters. The summed E-state index contributed by atoms with van der Waals surface area (Å²) in [4.78, 5) is 12.3. The van der Waals surface area contributed by atoms with Crippen LogP contribution in [-0.2, 0) is 6.61 Å². The summed E-state index contributed by atoms with van der Waals surface area (Å²) in [6.07, 6.45) is 2.45. The van der Waals surface area contributed by atoms with Gasteiger partial charge in [0, 0.05) is 21.2 Å². The number of ether oxygens (including phenoxy) is 3. The van der Waals surface area contributed by atoms with Gasteiger partial charge in [-0.25, -0.2) is 5.43 Å². The molecule has 0 spiro atoms. The highest BCUT2D eigenvalue weighted by atomic mass is 35.5. The standard InChI is InChI=1S/C25H24Cl2N2O4/c1-3-12-32-21-9-6-18(7-10-21)25(30)29-28-15-17-4-11-23(24(13-17)31-2)33-16-19-5-8-20(26)14-22(19)27/h4-11,13-15H,3,12,16H2,1-2H3,(H,29,30)/b28-15+. The van der Waals surface area contributed by atoms with Gasteiger partial charge < -0.3 is 14.2 Å². The molecule has 0 heterocycles. The molecule has 0 radical (unpaired) electrons. The topological polar surface area (TPSA) is 69.2 Å². The number of methoxy groups -OCH3 is 1. The van der Waals surface area contributed by atoms with Crippen molar-refractivity contribution in [1.82, 2.24) is 5.43 Å². The molecule has 1 N–H and O–H groups in total. The van der Waals surface area contributed by atoms with Crippen molar-refractivity contribution in [3.8, 4) is 17.2 Å². The van der Waals surface area contributed by atoms with Crippen LogP contribution in [-0.4, -0.2) is 25.8 Å². The second kappa shape index (κ2) is 12.1. The molecule has 33 heavy (non-hydrogen) atoms. The van der Waals surface area contributed by atoms with Crippen LogP contribution < -0.4 is 19.6 Å². The van der Waals surface area contributed by atoms with E-state index in [-0.39, 0.29) is 12.5 Å². The van der Waals surface area contributed by atoms with Gasteiger partial charge in [0.15, 0.2) is 11.5 Å². The third-order valence-electron chi connectivity index (χ3n) is 4.56. The molecule has 6 nitrogen and oxygen atoms in total. The fourth-order valence-corrected chi connectivity index (χ4v) is 3.29. The molecule has 0 aromatic heterocycles. The van der Waals surface area contributed by atoms with Gasteiger partial charge in [0.25, 0.3) is 5.91 Å². The van der Waals surface area contributed by atoms with Crippen LogP contribution in [0, 0.1) is 0 Å². The van der Waals surface area contributed by atoms with E-state index in [0.717, 1.165) is 23.3 Å². The van der Waals surface area contributed by atoms with E-state index in [9.17, 15) is 4.79 Å². The van der Waals surface area contributed by atoms with Crippen LogP contribution in [0.1, 0.15) is 34.8 Å². The highest BCUT2D eigenvalue weighted by Gasteiger charge is 2.08. The Bertz CT molecular complexity index is 1120. The van der Waals surface area contributed by atoms with E-state index in [1.807, 2.05) is 13.0 Å². The van der Waals surface area contributed by atoms with Gasteiger partial charge >= 0.3 is 0 Å². The lowest BCUT2D eigenvalue weighted by molar-refractivity contribution is 0.0955. The van der Waals surface area contributed by atoms with Gasteiger partial charge in [0.2, 0.25) is 0 Å². The van der Waals surface area contributed by atoms with Crippen molar-refractivity contribution in [3.05, 3.63) is 87.4 Å². The minimum Gasteiger partial charge on any atom is -0.494 e. The van der Waals surface area contributed by atoms with Crippen LogP contribution in [0.5, 0.6) is 17.2 Å². The molecular formula is C25H24Cl2N2O4. The quantitative estimate of drug-likeness (QED) is 0.276. The molecule has 0 fully saturated rings. The number of hydrogen-bond acceptors (Lipinski definition) is 5. The molecule has 0 atom stereocenters. The largest absolute Gasteiger partial charge is 0.494 e. The summed E-state index contributed by atoms with van der Waals surface area (Å²) in [7, 11) is 1.55. The van der Waals surface area contributed by atoms with Crippen LogP contribution in [0.15, 0.2) is 65.8 Å². The number of nitrogens with zero attached hydrogens (tertiary/aromatic N) is 1. The van der Waals surface area contributed by atoms with Crippen molar-refractivity contribution < 1.29 is 19.0 Å². The number of amides is 1. The number of hydrazone groups is 1. The van der Waals surface area contributed by atoms with Crippen LogP contribution in [0.25, 0.3) is 0 Å². The summed E-state index contributed by atoms with van der Waals surface area (Å²) < 4.78 is 16.8. The van der Waals surface area contributed by atoms with Gasteiger partial charge in [-0.15, -0.1) is 0 Å². The maximum atomic E-state index is 12.3. The third-order valence-corrected chi connectivity index (χ3v) is 5.14. The molecule has 0 saturated carbocycles. The maximum absolute atomic E-state index is 12.3. The van der Waals surface area contributed by atoms with Gasteiger partial charge in [-0.3, -0.25) is 4.79 Å². The average molecular weight is 487 g/mol. The number of rotatable bonds is 10. The molecule has 3 aromatic rings. The Balaban J connectivity index is 1.58. The first-order valence-corrected chi connectivity index (χ1v) is 11.1. The molecule has 0 aliphatic carbocycles. The van der Waals surface area contributed by atoms with Crippen molar-refractivity contribution in [2.24, 2.45) is 5.10 Å². The second-order valence-corrected chi connectivity index (χ2v) is 7.85. The monoisotopic (exact) mass is 486 g/mol. The third kappa shape index (κ3) is 7.14. The fraction of sp³-hybridized carbons (Fsp3) is 0.200. The van der Waals surface area contributed by atoms with Gasteiger partial charge in [0.1, 0.15) is 12.4 Å². The van der Waals surface area contributed by atoms with E-state index in [1.165, 1.54) is 6.21 Å². The van der Waals surface area contributed by atoms with Crippen molar-refractivity contribution >= 4 is 35.3 Å². The zero-order chi connectivity index (χ0) is 23.6. The van der Waals surface area contributed by atoms with Crippen molar-refractivity contribution in [3.63, 3.8) is 0 Å². The van der Waals surface area contributed by atoms with Gasteiger partial charge in [-0.1, -0.05) is 36.2 Å². The van der Waals surface area contributed by atoms with Crippen LogP contribution >= 0.6 is 23.2 Å². The van der Waals surface area contributed by atoms with E-state index in [1.54, 1.807) is 61.7 Å². The van der Waals surface area contributed by atoms with E-state index in [2.05, 4.69) is 10.5 Å². The molecule has 0 bridgehead atoms. The van der Waals surface area contributed by atoms with Crippen molar-refractivity contribution in [2.75, 3.05) is 13.7 Å². The Morgan fingerprint density at radius 1 is 1.00 bits per heavy atom. The first kappa shape index (κ1) is 24.4. The highest BCUT2D eigenvalue weighted by Crippen LogP contribution is 2.29. The SMILES string of the molecule is CCCOc1ccc(C(=O)N/N=C/c2ccc(OCc3ccc(Cl)cc3Cl)c(OC)c2)cc1. The van der Waals surface area contributed by atoms with Gasteiger partial charge in [-0.05, 0) is 66.6 Å². The lowest BCUT2D eigenvalue weighted by Gasteiger charge is -2.12. The molecule has 0 aliphatic heterocycles. The molecular weight excluding hydrogens is 463 g/mol. The summed E-state index contributed by atoms with van der Waals surface area (Å²) >= 11 is 12.1. The van der Waals surface area contributed by atoms with Gasteiger partial charge in [0.05, 0.1) is 19.9 Å². The van der Waals surface area contributed by atoms with E-state index in [4.69, 9.17) is 37.4 Å². The minimum absolute atomic E-state index is 0.262. The zero-order valence-electron chi connectivity index (χ0n) is 18.3. The van der Waals surface area contributed by atoms with Crippen LogP contribution in [0.2, 0.25) is 10.0 Å². The number of halogens is 2. The Labute approximate surface area is 203 Å². The summed E-state index contributed by atoms with van der Waals surface area (Å²) in [5.74, 6) is 1.48. The smallest absolute Gasteiger partial charge is 0.271 e. The van der Waals surface area contributed by atoms with Crippen LogP contribution in [0.3, 0.4) is 0 Å². The van der Waals surface area contributed by atoms with Crippen molar-refractivity contribution in [2.45, 2.75) is 20.0 Å². The molecule has 8 heteroatoms. The lowest BCUT2D eigenvalue weighted by Crippen LogP contribution is -2.17. The first-order valence-electron chi connectivity index (χ1n) is 10.3. The molecule has 172 valence electrons. The normalized spacial score (nSPS) is 10.8. The average Bonchev–Trinajstić information content (AvgIpc) is 2.82. The Kier molecular flexibility index (Phi) is 8.98. The summed E-state index contributed by atoms with van der Waals surface area (Å²) in [5.41, 5.74) is 4.53. The number of nitrogens with one attached hydrogen (secondary N) is 1. The van der Waals surface area contributed by atoms with E-state index < -0.39 is 0 Å². The summed E-state index contributed by atoms with van der Waals surface area (Å²) in [6, 6.07) is 17.5. The Morgan fingerprint density at radius 2 is 1.79 bits per heavy atom. The number of hydrogen-bond donors (Lipinski definition) is 1. The molecule has 3 rings (SSSR count). The number of carbonyl (C=O) groups excluding carboxylic acids is 1. The lowest BCUT2D eigenvalue weighted by atomic mass is 10.2. The van der Waals surface area contributed by atoms with Crippen LogP contribution in [0.4, 0.5) is 0 Å². The predicted molar refractivity (Wildman–Crippen MR) is 131 cm³/mol. The van der Waals surface area contributed by atoms with Gasteiger partial charge in [-0.2, -0.15) is 5.10 Å². The fourth-order valence-electron chi connectivity index (χ4n) is 2.83. The Morgan fingerprint density at radius 3 is 2.48 bits per heavy atom. The van der Waals surface area contributed by atoms with E-state index in [0.29, 0.717) is 33.7 Å². The number of benzene rings is 3. The predicted octanol–water partition coefficient (Wildman–Crippen LogP) is 6.13. The summed E-state index contributed by atoms with van der Waals surface area (Å²) in [6.45, 7) is 2.93. The minimum atomic E-state index is -0.319. The highest BCUT2D eigenvalue weighted by molar-refractivity contribution is 6.35. The molecule has 1 amide bonds. The molecule has 3 aromatic carbocycles. The van der Waals surface area contributed by atoms with E-state index >= 15 is 0 Å². The van der Waals surface area contributed by atoms with Crippen molar-refractivity contribution in [1.29, 1.82) is 0 Å². The summed E-state index contributed by atoms with van der Waals surface area (Å²) in [5, 5.41) is 5.12. The molecule has 0 saturated heterocycles. The molecule has 0 aliphatic rings. The number of carbonyl (C=O) groups is 1. The first-order chi connectivity index (χ1) is 16.0. The maximum Gasteiger partial charge on any atom is 0.271 e. The Hall–Kier alpha value is -3.22. The zero-order valence-corrected chi connectivity index (χ0v) is 19.8.